The minimum absolute atomic E-state index is 0.0455. The van der Waals surface area contributed by atoms with Gasteiger partial charge in [0.2, 0.25) is 0 Å². The number of carbonyl (C=O) groups is 1. The van der Waals surface area contributed by atoms with E-state index in [4.69, 9.17) is 0 Å². The molecule has 1 aromatic heterocycles. The lowest BCUT2D eigenvalue weighted by Gasteiger charge is -2.21. The molecule has 108 valence electrons. The number of aromatic nitrogens is 1. The molecule has 0 radical (unpaired) electrons. The Morgan fingerprint density at radius 3 is 2.85 bits per heavy atom. The highest BCUT2D eigenvalue weighted by atomic mass is 16.1. The third-order valence-corrected chi connectivity index (χ3v) is 4.79. The fourth-order valence-corrected chi connectivity index (χ4v) is 3.78. The van der Waals surface area contributed by atoms with Crippen molar-refractivity contribution in [3.63, 3.8) is 0 Å². The maximum Gasteiger partial charge on any atom is 0.269 e. The van der Waals surface area contributed by atoms with Crippen molar-refractivity contribution in [2.75, 3.05) is 18.4 Å². The number of nitrogens with one attached hydrogen (secondary N) is 2. The Hall–Kier alpha value is -1.58. The Labute approximate surface area is 120 Å². The highest BCUT2D eigenvalue weighted by Crippen LogP contribution is 2.47. The number of pyridine rings is 1. The van der Waals surface area contributed by atoms with Crippen molar-refractivity contribution in [2.45, 2.75) is 32.6 Å². The monoisotopic (exact) mass is 273 g/mol. The van der Waals surface area contributed by atoms with Crippen LogP contribution in [0.2, 0.25) is 0 Å². The number of carbonyl (C=O) groups excluding carboxylic acids is 1. The van der Waals surface area contributed by atoms with Gasteiger partial charge in [0.05, 0.1) is 11.9 Å². The van der Waals surface area contributed by atoms with Crippen LogP contribution in [-0.4, -0.2) is 24.0 Å². The van der Waals surface area contributed by atoms with Crippen molar-refractivity contribution < 1.29 is 4.79 Å². The van der Waals surface area contributed by atoms with Gasteiger partial charge in [-0.25, -0.2) is 4.98 Å². The van der Waals surface area contributed by atoms with Crippen LogP contribution >= 0.6 is 0 Å². The van der Waals surface area contributed by atoms with Crippen molar-refractivity contribution >= 4 is 11.6 Å². The molecule has 0 aliphatic heterocycles. The van der Waals surface area contributed by atoms with Gasteiger partial charge in [-0.2, -0.15) is 0 Å². The lowest BCUT2D eigenvalue weighted by atomic mass is 9.89. The number of nitrogens with zero attached hydrogens (tertiary/aromatic N) is 1. The first kappa shape index (κ1) is 13.4. The molecule has 1 heterocycles. The van der Waals surface area contributed by atoms with Crippen molar-refractivity contribution in [3.8, 4) is 0 Å². The number of amides is 1. The molecule has 2 aliphatic rings. The van der Waals surface area contributed by atoms with Gasteiger partial charge in [-0.15, -0.1) is 0 Å². The molecule has 3 rings (SSSR count). The molecule has 0 saturated heterocycles. The van der Waals surface area contributed by atoms with Gasteiger partial charge in [-0.05, 0) is 56.1 Å². The number of rotatable bonds is 5. The Kier molecular flexibility index (Phi) is 3.90. The molecule has 4 nitrogen and oxygen atoms in total. The number of hydrogen-bond donors (Lipinski definition) is 2. The molecule has 1 aromatic rings. The van der Waals surface area contributed by atoms with E-state index in [-0.39, 0.29) is 5.91 Å². The Morgan fingerprint density at radius 1 is 1.35 bits per heavy atom. The molecule has 3 unspecified atom stereocenters. The molecule has 0 spiro atoms. The molecule has 20 heavy (non-hydrogen) atoms. The molecular weight excluding hydrogens is 250 g/mol. The van der Waals surface area contributed by atoms with E-state index in [0.717, 1.165) is 30.6 Å². The van der Waals surface area contributed by atoms with Crippen LogP contribution in [0.1, 0.15) is 43.1 Å². The van der Waals surface area contributed by atoms with E-state index in [9.17, 15) is 4.79 Å². The van der Waals surface area contributed by atoms with Crippen LogP contribution in [0.3, 0.4) is 0 Å². The summed E-state index contributed by atoms with van der Waals surface area (Å²) >= 11 is 0. The van der Waals surface area contributed by atoms with Gasteiger partial charge in [-0.1, -0.05) is 6.42 Å². The molecule has 2 aliphatic carbocycles. The van der Waals surface area contributed by atoms with E-state index in [0.29, 0.717) is 11.6 Å². The minimum atomic E-state index is -0.0455. The van der Waals surface area contributed by atoms with Crippen molar-refractivity contribution in [2.24, 2.45) is 17.8 Å². The summed E-state index contributed by atoms with van der Waals surface area (Å²) < 4.78 is 0. The summed E-state index contributed by atoms with van der Waals surface area (Å²) in [6.45, 7) is 3.71. The van der Waals surface area contributed by atoms with Crippen LogP contribution in [0.5, 0.6) is 0 Å². The summed E-state index contributed by atoms with van der Waals surface area (Å²) in [5.74, 6) is 2.43. The standard InChI is InChI=1S/C16H23N3O/c1-2-17-14-5-6-15(18-10-14)16(20)19-9-13-8-11-3-4-12(13)7-11/h5-6,10-13,17H,2-4,7-9H2,1H3,(H,19,20). The van der Waals surface area contributed by atoms with E-state index in [1.54, 1.807) is 12.3 Å². The van der Waals surface area contributed by atoms with E-state index in [2.05, 4.69) is 15.6 Å². The first-order valence-electron chi connectivity index (χ1n) is 7.74. The van der Waals surface area contributed by atoms with Crippen molar-refractivity contribution in [1.29, 1.82) is 0 Å². The number of anilines is 1. The molecule has 2 saturated carbocycles. The molecule has 2 bridgehead atoms. The van der Waals surface area contributed by atoms with Crippen LogP contribution in [0.25, 0.3) is 0 Å². The number of fused-ring (bicyclic) bond motifs is 2. The normalized spacial score (nSPS) is 27.6. The summed E-state index contributed by atoms with van der Waals surface area (Å²) in [6.07, 6.45) is 7.17. The Morgan fingerprint density at radius 2 is 2.25 bits per heavy atom. The first-order valence-corrected chi connectivity index (χ1v) is 7.74. The van der Waals surface area contributed by atoms with Crippen molar-refractivity contribution in [3.05, 3.63) is 24.0 Å². The van der Waals surface area contributed by atoms with Gasteiger partial charge in [0.1, 0.15) is 5.69 Å². The quantitative estimate of drug-likeness (QED) is 0.867. The molecular formula is C16H23N3O. The van der Waals surface area contributed by atoms with Gasteiger partial charge in [-0.3, -0.25) is 4.79 Å². The fourth-order valence-electron chi connectivity index (χ4n) is 3.78. The third-order valence-electron chi connectivity index (χ3n) is 4.79. The predicted molar refractivity (Wildman–Crippen MR) is 79.7 cm³/mol. The summed E-state index contributed by atoms with van der Waals surface area (Å²) in [7, 11) is 0. The third kappa shape index (κ3) is 2.79. The SMILES string of the molecule is CCNc1ccc(C(=O)NCC2CC3CCC2C3)nc1. The van der Waals surface area contributed by atoms with E-state index >= 15 is 0 Å². The second-order valence-corrected chi connectivity index (χ2v) is 6.11. The van der Waals surface area contributed by atoms with Crippen molar-refractivity contribution in [1.82, 2.24) is 10.3 Å². The lowest BCUT2D eigenvalue weighted by molar-refractivity contribution is 0.0937. The predicted octanol–water partition coefficient (Wildman–Crippen LogP) is 2.68. The van der Waals surface area contributed by atoms with Crippen LogP contribution in [0.15, 0.2) is 18.3 Å². The minimum Gasteiger partial charge on any atom is -0.384 e. The van der Waals surface area contributed by atoms with Crippen LogP contribution in [0.4, 0.5) is 5.69 Å². The summed E-state index contributed by atoms with van der Waals surface area (Å²) in [6, 6.07) is 3.69. The highest BCUT2D eigenvalue weighted by molar-refractivity contribution is 5.92. The van der Waals surface area contributed by atoms with E-state index < -0.39 is 0 Å². The van der Waals surface area contributed by atoms with Gasteiger partial charge in [0.15, 0.2) is 0 Å². The second-order valence-electron chi connectivity index (χ2n) is 6.11. The molecule has 2 N–H and O–H groups in total. The zero-order valence-electron chi connectivity index (χ0n) is 12.1. The van der Waals surface area contributed by atoms with Crippen LogP contribution in [-0.2, 0) is 0 Å². The largest absolute Gasteiger partial charge is 0.384 e. The Balaban J connectivity index is 1.51. The average Bonchev–Trinajstić information content (AvgIpc) is 3.08. The fraction of sp³-hybridized carbons (Fsp3) is 0.625. The Bertz CT molecular complexity index is 471. The molecule has 1 amide bonds. The van der Waals surface area contributed by atoms with Gasteiger partial charge >= 0.3 is 0 Å². The zero-order valence-corrected chi connectivity index (χ0v) is 12.1. The second kappa shape index (κ2) is 5.81. The van der Waals surface area contributed by atoms with Gasteiger partial charge in [0.25, 0.3) is 5.91 Å². The maximum absolute atomic E-state index is 12.1. The first-order chi connectivity index (χ1) is 9.76. The van der Waals surface area contributed by atoms with Crippen LogP contribution < -0.4 is 10.6 Å². The topological polar surface area (TPSA) is 54.0 Å². The molecule has 4 heteroatoms. The summed E-state index contributed by atoms with van der Waals surface area (Å²) in [4.78, 5) is 16.3. The molecule has 0 aromatic carbocycles. The van der Waals surface area contributed by atoms with E-state index in [1.807, 2.05) is 13.0 Å². The molecule has 2 fully saturated rings. The lowest BCUT2D eigenvalue weighted by Crippen LogP contribution is -2.32. The summed E-state index contributed by atoms with van der Waals surface area (Å²) in [5, 5.41) is 6.23. The van der Waals surface area contributed by atoms with Crippen LogP contribution in [0, 0.1) is 17.8 Å². The summed E-state index contributed by atoms with van der Waals surface area (Å²) in [5.41, 5.74) is 1.46. The van der Waals surface area contributed by atoms with E-state index in [1.165, 1.54) is 25.7 Å². The van der Waals surface area contributed by atoms with Gasteiger partial charge in [0, 0.05) is 13.1 Å². The zero-order chi connectivity index (χ0) is 13.9. The van der Waals surface area contributed by atoms with Gasteiger partial charge < -0.3 is 10.6 Å². The average molecular weight is 273 g/mol. The highest BCUT2D eigenvalue weighted by Gasteiger charge is 2.39. The smallest absolute Gasteiger partial charge is 0.269 e. The number of hydrogen-bond acceptors (Lipinski definition) is 3. The molecule has 3 atom stereocenters. The maximum atomic E-state index is 12.1.